The zero-order valence-corrected chi connectivity index (χ0v) is 17.3. The van der Waals surface area contributed by atoms with Gasteiger partial charge in [-0.25, -0.2) is 13.2 Å². The maximum atomic E-state index is 14.4. The molecule has 4 heteroatoms. The largest absolute Gasteiger partial charge is 0.491 e. The van der Waals surface area contributed by atoms with Crippen LogP contribution in [0.25, 0.3) is 0 Å². The molecule has 0 radical (unpaired) electrons. The van der Waals surface area contributed by atoms with Crippen LogP contribution >= 0.6 is 0 Å². The molecule has 0 bridgehead atoms. The minimum atomic E-state index is -0.876. The van der Waals surface area contributed by atoms with Gasteiger partial charge in [0.2, 0.25) is 0 Å². The third-order valence-corrected chi connectivity index (χ3v) is 5.65. The molecule has 0 saturated heterocycles. The van der Waals surface area contributed by atoms with Crippen molar-refractivity contribution in [2.45, 2.75) is 51.4 Å². The highest BCUT2D eigenvalue weighted by atomic mass is 19.2. The molecule has 30 heavy (non-hydrogen) atoms. The summed E-state index contributed by atoms with van der Waals surface area (Å²) in [5.74, 6) is 4.56. The highest BCUT2D eigenvalue weighted by molar-refractivity contribution is 5.39. The Kier molecular flexibility index (Phi) is 7.63. The van der Waals surface area contributed by atoms with E-state index in [1.165, 1.54) is 13.0 Å². The van der Waals surface area contributed by atoms with Crippen LogP contribution in [0.1, 0.15) is 61.1 Å². The number of hydrogen-bond acceptors (Lipinski definition) is 1. The van der Waals surface area contributed by atoms with Crippen LogP contribution in [0, 0.1) is 42.1 Å². The molecule has 158 valence electrons. The van der Waals surface area contributed by atoms with Gasteiger partial charge in [0.15, 0.2) is 23.2 Å². The van der Waals surface area contributed by atoms with Crippen molar-refractivity contribution in [3.8, 4) is 17.6 Å². The standard InChI is InChI=1S/C26H27F3O/c1-3-4-5-16-30-24-15-14-22(17-23(24)27)20-11-7-19(8-12-20)9-13-21-10-6-18(2)25(28)26(21)29/h3,6,10,14-15,17,19-20H,1,4-5,7-8,11-12,16H2,2H3. The zero-order chi connectivity index (χ0) is 21.5. The van der Waals surface area contributed by atoms with Crippen molar-refractivity contribution in [2.75, 3.05) is 6.61 Å². The molecule has 1 aliphatic carbocycles. The highest BCUT2D eigenvalue weighted by Crippen LogP contribution is 2.36. The van der Waals surface area contributed by atoms with E-state index in [2.05, 4.69) is 18.4 Å². The Morgan fingerprint density at radius 2 is 1.83 bits per heavy atom. The Morgan fingerprint density at radius 3 is 2.53 bits per heavy atom. The summed E-state index contributed by atoms with van der Waals surface area (Å²) in [5, 5.41) is 0. The van der Waals surface area contributed by atoms with Crippen molar-refractivity contribution in [2.24, 2.45) is 5.92 Å². The van der Waals surface area contributed by atoms with E-state index in [0.29, 0.717) is 6.61 Å². The van der Waals surface area contributed by atoms with Gasteiger partial charge in [-0.2, -0.15) is 0 Å². The van der Waals surface area contributed by atoms with Gasteiger partial charge >= 0.3 is 0 Å². The van der Waals surface area contributed by atoms with E-state index in [0.717, 1.165) is 44.1 Å². The van der Waals surface area contributed by atoms with Crippen molar-refractivity contribution in [3.05, 3.63) is 77.1 Å². The summed E-state index contributed by atoms with van der Waals surface area (Å²) >= 11 is 0. The number of rotatable bonds is 6. The molecule has 0 amide bonds. The summed E-state index contributed by atoms with van der Waals surface area (Å²) < 4.78 is 47.5. The van der Waals surface area contributed by atoms with Gasteiger partial charge in [-0.3, -0.25) is 0 Å². The highest BCUT2D eigenvalue weighted by Gasteiger charge is 2.22. The van der Waals surface area contributed by atoms with Gasteiger partial charge in [0.05, 0.1) is 12.2 Å². The first kappa shape index (κ1) is 22.0. The van der Waals surface area contributed by atoms with Gasteiger partial charge in [-0.1, -0.05) is 30.0 Å². The van der Waals surface area contributed by atoms with Crippen LogP contribution in [0.5, 0.6) is 5.75 Å². The van der Waals surface area contributed by atoms with Gasteiger partial charge in [0.1, 0.15) is 0 Å². The van der Waals surface area contributed by atoms with E-state index in [9.17, 15) is 13.2 Å². The second kappa shape index (κ2) is 10.4. The van der Waals surface area contributed by atoms with E-state index < -0.39 is 11.6 Å². The zero-order valence-electron chi connectivity index (χ0n) is 17.3. The molecule has 0 atom stereocenters. The second-order valence-electron chi connectivity index (χ2n) is 7.85. The summed E-state index contributed by atoms with van der Waals surface area (Å²) in [6, 6.07) is 8.28. The van der Waals surface area contributed by atoms with Crippen LogP contribution < -0.4 is 4.74 Å². The SMILES string of the molecule is C=CCCCOc1ccc(C2CCC(C#Cc3ccc(C)c(F)c3F)CC2)cc1F. The van der Waals surface area contributed by atoms with Crippen LogP contribution in [0.3, 0.4) is 0 Å². The topological polar surface area (TPSA) is 9.23 Å². The monoisotopic (exact) mass is 412 g/mol. The predicted octanol–water partition coefficient (Wildman–Crippen LogP) is 7.08. The molecule has 1 nitrogen and oxygen atoms in total. The molecule has 0 heterocycles. The Bertz CT molecular complexity index is 947. The lowest BCUT2D eigenvalue weighted by Crippen LogP contribution is -2.12. The predicted molar refractivity (Wildman–Crippen MR) is 114 cm³/mol. The number of unbranched alkanes of at least 4 members (excludes halogenated alkanes) is 1. The lowest BCUT2D eigenvalue weighted by Gasteiger charge is -2.26. The average Bonchev–Trinajstić information content (AvgIpc) is 2.76. The minimum Gasteiger partial charge on any atom is -0.491 e. The van der Waals surface area contributed by atoms with E-state index in [1.54, 1.807) is 18.2 Å². The molecule has 0 spiro atoms. The Labute approximate surface area is 177 Å². The molecule has 1 fully saturated rings. The van der Waals surface area contributed by atoms with E-state index in [1.807, 2.05) is 12.1 Å². The van der Waals surface area contributed by atoms with Crippen LogP contribution in [-0.4, -0.2) is 6.61 Å². The first-order chi connectivity index (χ1) is 14.5. The van der Waals surface area contributed by atoms with Gasteiger partial charge in [-0.15, -0.1) is 6.58 Å². The van der Waals surface area contributed by atoms with Crippen LogP contribution in [-0.2, 0) is 0 Å². The summed E-state index contributed by atoms with van der Waals surface area (Å²) in [6.07, 6.45) is 6.97. The number of benzene rings is 2. The molecule has 2 aromatic carbocycles. The third-order valence-electron chi connectivity index (χ3n) is 5.65. The molecule has 1 aliphatic rings. The molecule has 1 saturated carbocycles. The summed E-state index contributed by atoms with van der Waals surface area (Å²) in [5.41, 5.74) is 1.36. The van der Waals surface area contributed by atoms with Crippen LogP contribution in [0.15, 0.2) is 43.0 Å². The fraction of sp³-hybridized carbons (Fsp3) is 0.385. The quantitative estimate of drug-likeness (QED) is 0.280. The van der Waals surface area contributed by atoms with Crippen LogP contribution in [0.2, 0.25) is 0 Å². The lowest BCUT2D eigenvalue weighted by atomic mass is 9.79. The molecule has 0 N–H and O–H groups in total. The molecule has 0 unspecified atom stereocenters. The fourth-order valence-corrected chi connectivity index (χ4v) is 3.79. The molecular formula is C26H27F3O. The smallest absolute Gasteiger partial charge is 0.174 e. The number of allylic oxidation sites excluding steroid dienone is 1. The lowest BCUT2D eigenvalue weighted by molar-refractivity contribution is 0.296. The molecule has 0 aromatic heterocycles. The molecular weight excluding hydrogens is 385 g/mol. The number of aryl methyl sites for hydroxylation is 1. The van der Waals surface area contributed by atoms with Gasteiger partial charge in [-0.05, 0) is 80.7 Å². The average molecular weight is 412 g/mol. The maximum Gasteiger partial charge on any atom is 0.174 e. The van der Waals surface area contributed by atoms with Gasteiger partial charge in [0, 0.05) is 5.92 Å². The number of hydrogen-bond donors (Lipinski definition) is 0. The molecule has 0 aliphatic heterocycles. The maximum absolute atomic E-state index is 14.4. The van der Waals surface area contributed by atoms with Crippen molar-refractivity contribution in [1.29, 1.82) is 0 Å². The molecule has 2 aromatic rings. The fourth-order valence-electron chi connectivity index (χ4n) is 3.79. The van der Waals surface area contributed by atoms with Crippen molar-refractivity contribution >= 4 is 0 Å². The van der Waals surface area contributed by atoms with Gasteiger partial charge in [0.25, 0.3) is 0 Å². The van der Waals surface area contributed by atoms with E-state index in [-0.39, 0.29) is 34.5 Å². The minimum absolute atomic E-state index is 0.103. The first-order valence-corrected chi connectivity index (χ1v) is 10.5. The molecule has 3 rings (SSSR count). The van der Waals surface area contributed by atoms with Crippen molar-refractivity contribution in [3.63, 3.8) is 0 Å². The summed E-state index contributed by atoms with van der Waals surface area (Å²) in [6.45, 7) is 5.66. The Hall–Kier alpha value is -2.67. The van der Waals surface area contributed by atoms with Gasteiger partial charge < -0.3 is 4.74 Å². The van der Waals surface area contributed by atoms with Crippen molar-refractivity contribution < 1.29 is 17.9 Å². The second-order valence-corrected chi connectivity index (χ2v) is 7.85. The number of halogens is 3. The van der Waals surface area contributed by atoms with E-state index >= 15 is 0 Å². The summed E-state index contributed by atoms with van der Waals surface area (Å²) in [7, 11) is 0. The Morgan fingerprint density at radius 1 is 1.07 bits per heavy atom. The summed E-state index contributed by atoms with van der Waals surface area (Å²) in [4.78, 5) is 0. The van der Waals surface area contributed by atoms with E-state index in [4.69, 9.17) is 4.74 Å². The van der Waals surface area contributed by atoms with Crippen LogP contribution in [0.4, 0.5) is 13.2 Å². The number of ether oxygens (including phenoxy) is 1. The normalized spacial score (nSPS) is 18.4. The van der Waals surface area contributed by atoms with Crippen molar-refractivity contribution in [1.82, 2.24) is 0 Å². The Balaban J connectivity index is 1.56. The third kappa shape index (κ3) is 5.48. The first-order valence-electron chi connectivity index (χ1n) is 10.5.